The molecule has 0 unspecified atom stereocenters. The van der Waals surface area contributed by atoms with Crippen LogP contribution in [-0.2, 0) is 14.3 Å². The van der Waals surface area contributed by atoms with Crippen LogP contribution in [-0.4, -0.2) is 42.5 Å². The maximum absolute atomic E-state index is 12.9. The summed E-state index contributed by atoms with van der Waals surface area (Å²) in [6.07, 6.45) is 4.08. The van der Waals surface area contributed by atoms with Gasteiger partial charge in [-0.2, -0.15) is 0 Å². The fourth-order valence-electron chi connectivity index (χ4n) is 3.33. The number of rotatable bonds is 4. The van der Waals surface area contributed by atoms with Crippen molar-refractivity contribution in [2.24, 2.45) is 0 Å². The molecule has 0 saturated carbocycles. The number of nitrogens with one attached hydrogen (secondary N) is 1. The van der Waals surface area contributed by atoms with Crippen molar-refractivity contribution in [2.45, 2.75) is 44.2 Å². The third-order valence-corrected chi connectivity index (χ3v) is 4.60. The fraction of sp³-hybridized carbons (Fsp3) is 0.556. The van der Waals surface area contributed by atoms with Crippen LogP contribution in [0, 0.1) is 0 Å². The first kappa shape index (κ1) is 16.0. The minimum atomic E-state index is -0.521. The fourth-order valence-corrected chi connectivity index (χ4v) is 3.33. The Bertz CT molecular complexity index is 540. The summed E-state index contributed by atoms with van der Waals surface area (Å²) in [7, 11) is 0. The quantitative estimate of drug-likeness (QED) is 0.925. The summed E-state index contributed by atoms with van der Waals surface area (Å²) in [4.78, 5) is 27.0. The van der Waals surface area contributed by atoms with E-state index in [-0.39, 0.29) is 17.9 Å². The third kappa shape index (κ3) is 3.91. The van der Waals surface area contributed by atoms with E-state index >= 15 is 0 Å². The molecule has 1 atom stereocenters. The van der Waals surface area contributed by atoms with Crippen molar-refractivity contribution in [3.8, 4) is 0 Å². The number of benzene rings is 1. The zero-order valence-electron chi connectivity index (χ0n) is 13.4. The summed E-state index contributed by atoms with van der Waals surface area (Å²) in [6, 6.07) is 9.23. The lowest BCUT2D eigenvalue weighted by Crippen LogP contribution is -2.49. The first-order chi connectivity index (χ1) is 11.3. The standard InChI is InChI=1S/C18H24N2O3/c21-16-8-4-5-11-20(16)17(14-6-2-1-3-7-14)18(22)19-15-9-12-23-13-10-15/h1-3,6-7,15,17H,4-5,8-13H2,(H,19,22)/t17-/m1/s1. The van der Waals surface area contributed by atoms with E-state index in [2.05, 4.69) is 5.32 Å². The van der Waals surface area contributed by atoms with Gasteiger partial charge in [0.2, 0.25) is 11.8 Å². The van der Waals surface area contributed by atoms with Crippen LogP contribution in [0.3, 0.4) is 0 Å². The maximum Gasteiger partial charge on any atom is 0.247 e. The molecule has 5 heteroatoms. The Morgan fingerprint density at radius 1 is 1.17 bits per heavy atom. The summed E-state index contributed by atoms with van der Waals surface area (Å²) in [6.45, 7) is 2.02. The Hall–Kier alpha value is -1.88. The smallest absolute Gasteiger partial charge is 0.247 e. The van der Waals surface area contributed by atoms with Gasteiger partial charge in [0.25, 0.3) is 0 Å². The Morgan fingerprint density at radius 2 is 1.91 bits per heavy atom. The molecule has 3 rings (SSSR count). The van der Waals surface area contributed by atoms with Gasteiger partial charge >= 0.3 is 0 Å². The van der Waals surface area contributed by atoms with Crippen molar-refractivity contribution in [1.82, 2.24) is 10.2 Å². The highest BCUT2D eigenvalue weighted by molar-refractivity contribution is 5.89. The molecule has 1 N–H and O–H groups in total. The minimum absolute atomic E-state index is 0.0710. The van der Waals surface area contributed by atoms with Crippen LogP contribution in [0.2, 0.25) is 0 Å². The largest absolute Gasteiger partial charge is 0.381 e. The zero-order chi connectivity index (χ0) is 16.1. The highest BCUT2D eigenvalue weighted by Gasteiger charge is 2.33. The molecule has 2 amide bonds. The van der Waals surface area contributed by atoms with E-state index < -0.39 is 6.04 Å². The van der Waals surface area contributed by atoms with E-state index in [1.807, 2.05) is 30.3 Å². The predicted octanol–water partition coefficient (Wildman–Crippen LogP) is 2.04. The number of carbonyl (C=O) groups excluding carboxylic acids is 2. The number of hydrogen-bond donors (Lipinski definition) is 1. The van der Waals surface area contributed by atoms with Gasteiger partial charge in [-0.3, -0.25) is 9.59 Å². The number of ether oxygens (including phenoxy) is 1. The second kappa shape index (κ2) is 7.59. The number of nitrogens with zero attached hydrogens (tertiary/aromatic N) is 1. The highest BCUT2D eigenvalue weighted by atomic mass is 16.5. The molecule has 2 aliphatic heterocycles. The number of likely N-dealkylation sites (tertiary alicyclic amines) is 1. The van der Waals surface area contributed by atoms with Crippen LogP contribution in [0.4, 0.5) is 0 Å². The average Bonchev–Trinajstić information content (AvgIpc) is 2.59. The molecule has 124 valence electrons. The number of piperidine rings is 1. The molecule has 2 saturated heterocycles. The zero-order valence-corrected chi connectivity index (χ0v) is 13.4. The van der Waals surface area contributed by atoms with Crippen LogP contribution in [0.15, 0.2) is 30.3 Å². The number of hydrogen-bond acceptors (Lipinski definition) is 3. The Morgan fingerprint density at radius 3 is 2.61 bits per heavy atom. The lowest BCUT2D eigenvalue weighted by molar-refractivity contribution is -0.143. The van der Waals surface area contributed by atoms with E-state index in [1.54, 1.807) is 4.90 Å². The molecule has 0 radical (unpaired) electrons. The van der Waals surface area contributed by atoms with Crippen molar-refractivity contribution >= 4 is 11.8 Å². The molecule has 1 aromatic rings. The predicted molar refractivity (Wildman–Crippen MR) is 86.7 cm³/mol. The third-order valence-electron chi connectivity index (χ3n) is 4.60. The van der Waals surface area contributed by atoms with Crippen LogP contribution >= 0.6 is 0 Å². The second-order valence-corrected chi connectivity index (χ2v) is 6.25. The van der Waals surface area contributed by atoms with Gasteiger partial charge in [-0.05, 0) is 31.2 Å². The van der Waals surface area contributed by atoms with Gasteiger partial charge in [-0.25, -0.2) is 0 Å². The van der Waals surface area contributed by atoms with Gasteiger partial charge < -0.3 is 15.0 Å². The van der Waals surface area contributed by atoms with Gasteiger partial charge in [0.05, 0.1) is 0 Å². The van der Waals surface area contributed by atoms with Gasteiger partial charge in [-0.1, -0.05) is 30.3 Å². The molecule has 0 spiro atoms. The Kier molecular flexibility index (Phi) is 5.28. The van der Waals surface area contributed by atoms with Crippen LogP contribution in [0.25, 0.3) is 0 Å². The molecule has 2 fully saturated rings. The Balaban J connectivity index is 1.79. The van der Waals surface area contributed by atoms with Gasteiger partial charge in [-0.15, -0.1) is 0 Å². The van der Waals surface area contributed by atoms with E-state index in [0.717, 1.165) is 31.2 Å². The average molecular weight is 316 g/mol. The monoisotopic (exact) mass is 316 g/mol. The molecule has 0 bridgehead atoms. The lowest BCUT2D eigenvalue weighted by atomic mass is 9.99. The summed E-state index contributed by atoms with van der Waals surface area (Å²) >= 11 is 0. The number of carbonyl (C=O) groups is 2. The topological polar surface area (TPSA) is 58.6 Å². The normalized spacial score (nSPS) is 21.0. The maximum atomic E-state index is 12.9. The molecule has 5 nitrogen and oxygen atoms in total. The Labute approximate surface area is 137 Å². The first-order valence-electron chi connectivity index (χ1n) is 8.48. The molecule has 2 aliphatic rings. The summed E-state index contributed by atoms with van der Waals surface area (Å²) in [5.74, 6) is 0.00517. The lowest BCUT2D eigenvalue weighted by Gasteiger charge is -2.35. The SMILES string of the molecule is O=C(NC1CCOCC1)[C@@H](c1ccccc1)N1CCCCC1=O. The molecular weight excluding hydrogens is 292 g/mol. The van der Waals surface area contributed by atoms with Crippen molar-refractivity contribution in [3.05, 3.63) is 35.9 Å². The molecule has 23 heavy (non-hydrogen) atoms. The second-order valence-electron chi connectivity index (χ2n) is 6.25. The van der Waals surface area contributed by atoms with Gasteiger partial charge in [0.15, 0.2) is 0 Å². The number of amides is 2. The van der Waals surface area contributed by atoms with Crippen molar-refractivity contribution in [3.63, 3.8) is 0 Å². The van der Waals surface area contributed by atoms with Crippen LogP contribution in [0.5, 0.6) is 0 Å². The molecule has 0 aliphatic carbocycles. The first-order valence-corrected chi connectivity index (χ1v) is 8.48. The van der Waals surface area contributed by atoms with Crippen molar-refractivity contribution in [2.75, 3.05) is 19.8 Å². The molecular formula is C18H24N2O3. The van der Waals surface area contributed by atoms with Crippen LogP contribution in [0.1, 0.15) is 43.7 Å². The van der Waals surface area contributed by atoms with Crippen LogP contribution < -0.4 is 5.32 Å². The summed E-state index contributed by atoms with van der Waals surface area (Å²) < 4.78 is 5.34. The van der Waals surface area contributed by atoms with E-state index in [0.29, 0.717) is 26.2 Å². The molecule has 1 aromatic carbocycles. The van der Waals surface area contributed by atoms with Crippen molar-refractivity contribution < 1.29 is 14.3 Å². The highest BCUT2D eigenvalue weighted by Crippen LogP contribution is 2.26. The van der Waals surface area contributed by atoms with Gasteiger partial charge in [0, 0.05) is 32.2 Å². The minimum Gasteiger partial charge on any atom is -0.381 e. The van der Waals surface area contributed by atoms with Crippen molar-refractivity contribution in [1.29, 1.82) is 0 Å². The van der Waals surface area contributed by atoms with E-state index in [4.69, 9.17) is 4.74 Å². The summed E-state index contributed by atoms with van der Waals surface area (Å²) in [5, 5.41) is 3.12. The summed E-state index contributed by atoms with van der Waals surface area (Å²) in [5.41, 5.74) is 0.882. The van der Waals surface area contributed by atoms with E-state index in [9.17, 15) is 9.59 Å². The van der Waals surface area contributed by atoms with E-state index in [1.165, 1.54) is 0 Å². The van der Waals surface area contributed by atoms with Gasteiger partial charge in [0.1, 0.15) is 6.04 Å². The molecule has 2 heterocycles. The molecule has 0 aromatic heterocycles.